The molecule has 0 aromatic heterocycles. The smallest absolute Gasteiger partial charge is 0.124 e. The maximum Gasteiger partial charge on any atom is 0.124 e. The first-order valence-corrected chi connectivity index (χ1v) is 9.06. The van der Waals surface area contributed by atoms with Gasteiger partial charge >= 0.3 is 0 Å². The molecule has 1 unspecified atom stereocenters. The highest BCUT2D eigenvalue weighted by Gasteiger charge is 2.06. The largest absolute Gasteiger partial charge is 0.489 e. The highest BCUT2D eigenvalue weighted by molar-refractivity contribution is 6.35. The molecule has 2 aromatic rings. The van der Waals surface area contributed by atoms with Crippen molar-refractivity contribution in [2.45, 2.75) is 26.2 Å². The van der Waals surface area contributed by atoms with Gasteiger partial charge in [0, 0.05) is 47.4 Å². The first-order chi connectivity index (χ1) is 12.1. The Morgan fingerprint density at radius 2 is 1.80 bits per heavy atom. The van der Waals surface area contributed by atoms with Crippen LogP contribution in [0.25, 0.3) is 0 Å². The second kappa shape index (κ2) is 10.6. The van der Waals surface area contributed by atoms with E-state index in [1.807, 2.05) is 30.3 Å². The molecule has 6 heteroatoms. The number of para-hydroxylation sites is 1. The third kappa shape index (κ3) is 7.22. The molecule has 0 radical (unpaired) electrons. The third-order valence-electron chi connectivity index (χ3n) is 3.60. The van der Waals surface area contributed by atoms with Gasteiger partial charge < -0.3 is 20.5 Å². The fraction of sp³-hybridized carbons (Fsp3) is 0.368. The van der Waals surface area contributed by atoms with E-state index in [1.54, 1.807) is 19.1 Å². The van der Waals surface area contributed by atoms with Gasteiger partial charge in [0.15, 0.2) is 0 Å². The van der Waals surface area contributed by atoms with Crippen LogP contribution >= 0.6 is 23.2 Å². The summed E-state index contributed by atoms with van der Waals surface area (Å²) in [7, 11) is 0. The summed E-state index contributed by atoms with van der Waals surface area (Å²) in [5.74, 6) is 0.831. The van der Waals surface area contributed by atoms with Crippen LogP contribution in [0.15, 0.2) is 42.5 Å². The lowest BCUT2D eigenvalue weighted by molar-refractivity contribution is 0.191. The lowest BCUT2D eigenvalue weighted by atomic mass is 10.2. The van der Waals surface area contributed by atoms with Gasteiger partial charge in [-0.15, -0.1) is 0 Å². The average molecular weight is 383 g/mol. The van der Waals surface area contributed by atoms with E-state index in [9.17, 15) is 5.11 Å². The molecule has 0 amide bonds. The summed E-state index contributed by atoms with van der Waals surface area (Å²) in [5.41, 5.74) is 1.99. The highest BCUT2D eigenvalue weighted by Crippen LogP contribution is 2.24. The second-order valence-corrected chi connectivity index (χ2v) is 6.71. The van der Waals surface area contributed by atoms with Crippen LogP contribution in [-0.4, -0.2) is 30.8 Å². The van der Waals surface area contributed by atoms with E-state index in [-0.39, 0.29) is 6.10 Å². The average Bonchev–Trinajstić information content (AvgIpc) is 2.58. The van der Waals surface area contributed by atoms with Crippen molar-refractivity contribution < 1.29 is 9.84 Å². The summed E-state index contributed by atoms with van der Waals surface area (Å²) in [4.78, 5) is 0. The standard InChI is InChI=1S/C19H24Cl2N2O2/c1-14(24)11-22-8-9-23-12-15-4-2-3-5-19(15)25-13-16-6-7-17(20)10-18(16)21/h2-7,10,14,22-24H,8-9,11-13H2,1H3. The quantitative estimate of drug-likeness (QED) is 0.549. The zero-order valence-electron chi connectivity index (χ0n) is 14.3. The Kier molecular flexibility index (Phi) is 8.52. The van der Waals surface area contributed by atoms with Crippen molar-refractivity contribution in [3.63, 3.8) is 0 Å². The van der Waals surface area contributed by atoms with Crippen molar-refractivity contribution in [2.75, 3.05) is 19.6 Å². The number of aliphatic hydroxyl groups excluding tert-OH is 1. The summed E-state index contributed by atoms with van der Waals surface area (Å²) >= 11 is 12.1. The molecule has 0 bridgehead atoms. The molecule has 0 saturated carbocycles. The molecule has 2 aromatic carbocycles. The lowest BCUT2D eigenvalue weighted by Crippen LogP contribution is -2.31. The summed E-state index contributed by atoms with van der Waals surface area (Å²) < 4.78 is 5.94. The molecule has 0 saturated heterocycles. The predicted octanol–water partition coefficient (Wildman–Crippen LogP) is 3.63. The van der Waals surface area contributed by atoms with E-state index in [4.69, 9.17) is 27.9 Å². The first kappa shape index (κ1) is 20.0. The molecule has 1 atom stereocenters. The van der Waals surface area contributed by atoms with E-state index >= 15 is 0 Å². The van der Waals surface area contributed by atoms with Crippen LogP contribution in [0.3, 0.4) is 0 Å². The van der Waals surface area contributed by atoms with Gasteiger partial charge in [-0.05, 0) is 25.1 Å². The Labute approximate surface area is 159 Å². The predicted molar refractivity (Wildman–Crippen MR) is 103 cm³/mol. The number of hydrogen-bond acceptors (Lipinski definition) is 4. The lowest BCUT2D eigenvalue weighted by Gasteiger charge is -2.13. The molecular formula is C19H24Cl2N2O2. The zero-order chi connectivity index (χ0) is 18.1. The SMILES string of the molecule is CC(O)CNCCNCc1ccccc1OCc1ccc(Cl)cc1Cl. The fourth-order valence-electron chi connectivity index (χ4n) is 2.30. The van der Waals surface area contributed by atoms with Gasteiger partial charge in [-0.1, -0.05) is 47.5 Å². The van der Waals surface area contributed by atoms with Gasteiger partial charge in [0.2, 0.25) is 0 Å². The second-order valence-electron chi connectivity index (χ2n) is 5.86. The maximum atomic E-state index is 9.19. The van der Waals surface area contributed by atoms with E-state index in [2.05, 4.69) is 10.6 Å². The number of halogens is 2. The normalized spacial score (nSPS) is 12.2. The van der Waals surface area contributed by atoms with Gasteiger partial charge in [-0.3, -0.25) is 0 Å². The first-order valence-electron chi connectivity index (χ1n) is 8.30. The minimum atomic E-state index is -0.325. The number of rotatable bonds is 10. The molecule has 2 rings (SSSR count). The van der Waals surface area contributed by atoms with Gasteiger partial charge in [-0.25, -0.2) is 0 Å². The summed E-state index contributed by atoms with van der Waals surface area (Å²) in [6.45, 7) is 5.08. The van der Waals surface area contributed by atoms with Crippen LogP contribution in [0.5, 0.6) is 5.75 Å². The van der Waals surface area contributed by atoms with Crippen LogP contribution in [0, 0.1) is 0 Å². The molecular weight excluding hydrogens is 359 g/mol. The van der Waals surface area contributed by atoms with Crippen LogP contribution in [0.2, 0.25) is 10.0 Å². The van der Waals surface area contributed by atoms with Gasteiger partial charge in [-0.2, -0.15) is 0 Å². The highest BCUT2D eigenvalue weighted by atomic mass is 35.5. The summed E-state index contributed by atoms with van der Waals surface area (Å²) in [5, 5.41) is 17.0. The van der Waals surface area contributed by atoms with Crippen LogP contribution < -0.4 is 15.4 Å². The zero-order valence-corrected chi connectivity index (χ0v) is 15.8. The number of nitrogens with one attached hydrogen (secondary N) is 2. The summed E-state index contributed by atoms with van der Waals surface area (Å²) in [6.07, 6.45) is -0.325. The van der Waals surface area contributed by atoms with Crippen molar-refractivity contribution in [1.82, 2.24) is 10.6 Å². The van der Waals surface area contributed by atoms with Crippen molar-refractivity contribution >= 4 is 23.2 Å². The third-order valence-corrected chi connectivity index (χ3v) is 4.19. The minimum absolute atomic E-state index is 0.325. The number of benzene rings is 2. The van der Waals surface area contributed by atoms with Gasteiger partial charge in [0.05, 0.1) is 6.10 Å². The molecule has 0 heterocycles. The molecule has 25 heavy (non-hydrogen) atoms. The Morgan fingerprint density at radius 3 is 2.56 bits per heavy atom. The van der Waals surface area contributed by atoms with Crippen LogP contribution in [0.1, 0.15) is 18.1 Å². The molecule has 0 aliphatic heterocycles. The molecule has 4 nitrogen and oxygen atoms in total. The molecule has 3 N–H and O–H groups in total. The van der Waals surface area contributed by atoms with Crippen LogP contribution in [0.4, 0.5) is 0 Å². The van der Waals surface area contributed by atoms with Gasteiger partial charge in [0.25, 0.3) is 0 Å². The van der Waals surface area contributed by atoms with Crippen molar-refractivity contribution in [1.29, 1.82) is 0 Å². The Balaban J connectivity index is 1.83. The number of aliphatic hydroxyl groups is 1. The molecule has 0 aliphatic carbocycles. The Hall–Kier alpha value is -1.30. The molecule has 0 spiro atoms. The molecule has 0 fully saturated rings. The van der Waals surface area contributed by atoms with E-state index in [0.29, 0.717) is 29.7 Å². The molecule has 0 aliphatic rings. The van der Waals surface area contributed by atoms with Crippen molar-refractivity contribution in [3.05, 3.63) is 63.6 Å². The number of hydrogen-bond donors (Lipinski definition) is 3. The molecule has 136 valence electrons. The monoisotopic (exact) mass is 382 g/mol. The topological polar surface area (TPSA) is 53.5 Å². The van der Waals surface area contributed by atoms with Crippen molar-refractivity contribution in [3.8, 4) is 5.75 Å². The minimum Gasteiger partial charge on any atom is -0.489 e. The fourth-order valence-corrected chi connectivity index (χ4v) is 2.76. The van der Waals surface area contributed by atoms with Gasteiger partial charge in [0.1, 0.15) is 12.4 Å². The van der Waals surface area contributed by atoms with Crippen molar-refractivity contribution in [2.24, 2.45) is 0 Å². The Bertz CT molecular complexity index is 666. The van der Waals surface area contributed by atoms with E-state index < -0.39 is 0 Å². The van der Waals surface area contributed by atoms with E-state index in [1.165, 1.54) is 0 Å². The maximum absolute atomic E-state index is 9.19. The van der Waals surface area contributed by atoms with Crippen LogP contribution in [-0.2, 0) is 13.2 Å². The van der Waals surface area contributed by atoms with E-state index in [0.717, 1.165) is 30.0 Å². The summed E-state index contributed by atoms with van der Waals surface area (Å²) in [6, 6.07) is 13.3. The Morgan fingerprint density at radius 1 is 1.04 bits per heavy atom. The number of ether oxygens (including phenoxy) is 1.